The minimum absolute atomic E-state index is 0.0980. The fraction of sp³-hybridized carbons (Fsp3) is 0.778. The second kappa shape index (κ2) is 6.09. The maximum Gasteiger partial charge on any atom is 0.256 e. The Morgan fingerprint density at radius 2 is 2.27 bits per heavy atom. The van der Waals surface area contributed by atoms with Crippen LogP contribution in [0.25, 0.3) is 0 Å². The van der Waals surface area contributed by atoms with Gasteiger partial charge < -0.3 is 15.4 Å². The molecule has 0 unspecified atom stereocenters. The van der Waals surface area contributed by atoms with Crippen LogP contribution in [0.3, 0.4) is 0 Å². The highest BCUT2D eigenvalue weighted by molar-refractivity contribution is 7.98. The summed E-state index contributed by atoms with van der Waals surface area (Å²) in [6.45, 7) is 4.42. The fourth-order valence-corrected chi connectivity index (χ4v) is 1.84. The van der Waals surface area contributed by atoms with Crippen molar-refractivity contribution in [3.8, 4) is 0 Å². The quantitative estimate of drug-likeness (QED) is 0.758. The van der Waals surface area contributed by atoms with E-state index < -0.39 is 6.10 Å². The number of aliphatic hydroxyl groups is 1. The van der Waals surface area contributed by atoms with Gasteiger partial charge in [0.15, 0.2) is 5.82 Å². The molecule has 5 nitrogen and oxygen atoms in total. The molecule has 0 spiro atoms. The molecule has 1 atom stereocenters. The van der Waals surface area contributed by atoms with Gasteiger partial charge in [0.1, 0.15) is 6.10 Å². The molecule has 0 radical (unpaired) electrons. The van der Waals surface area contributed by atoms with Crippen LogP contribution in [0, 0.1) is 5.92 Å². The fourth-order valence-electron chi connectivity index (χ4n) is 0.948. The van der Waals surface area contributed by atoms with Crippen LogP contribution in [0.2, 0.25) is 0 Å². The summed E-state index contributed by atoms with van der Waals surface area (Å²) in [4.78, 5) is 4.05. The molecular formula is C9H17N3O2S. The van der Waals surface area contributed by atoms with Gasteiger partial charge >= 0.3 is 0 Å². The van der Waals surface area contributed by atoms with E-state index in [0.717, 1.165) is 5.75 Å². The van der Waals surface area contributed by atoms with E-state index in [9.17, 15) is 5.11 Å². The van der Waals surface area contributed by atoms with E-state index >= 15 is 0 Å². The summed E-state index contributed by atoms with van der Waals surface area (Å²) in [7, 11) is 0. The standard InChI is InChI=1S/C9H17N3O2S/c1-6(2)4-15-5-8-11-9(14-12-8)7(13)3-10/h6-7,13H,3-5,10H2,1-2H3/t7-/m0/s1. The van der Waals surface area contributed by atoms with Gasteiger partial charge in [0.2, 0.25) is 0 Å². The average molecular weight is 231 g/mol. The Morgan fingerprint density at radius 3 is 2.87 bits per heavy atom. The predicted molar refractivity (Wildman–Crippen MR) is 59.3 cm³/mol. The lowest BCUT2D eigenvalue weighted by molar-refractivity contribution is 0.141. The number of thioether (sulfide) groups is 1. The molecule has 0 saturated heterocycles. The number of hydrogen-bond donors (Lipinski definition) is 2. The van der Waals surface area contributed by atoms with Crippen LogP contribution in [0.15, 0.2) is 4.52 Å². The third kappa shape index (κ3) is 4.19. The number of aliphatic hydroxyl groups excluding tert-OH is 1. The number of nitrogens with two attached hydrogens (primary N) is 1. The molecule has 1 aromatic rings. The Labute approximate surface area is 93.4 Å². The zero-order chi connectivity index (χ0) is 11.3. The monoisotopic (exact) mass is 231 g/mol. The lowest BCUT2D eigenvalue weighted by Crippen LogP contribution is -2.11. The van der Waals surface area contributed by atoms with Crippen LogP contribution in [-0.4, -0.2) is 27.5 Å². The van der Waals surface area contributed by atoms with Crippen LogP contribution in [0.4, 0.5) is 0 Å². The zero-order valence-corrected chi connectivity index (χ0v) is 9.83. The van der Waals surface area contributed by atoms with Crippen molar-refractivity contribution < 1.29 is 9.63 Å². The highest BCUT2D eigenvalue weighted by Gasteiger charge is 2.14. The van der Waals surface area contributed by atoms with Gasteiger partial charge in [-0.2, -0.15) is 16.7 Å². The van der Waals surface area contributed by atoms with Crippen molar-refractivity contribution in [2.45, 2.75) is 25.7 Å². The Hall–Kier alpha value is -0.590. The number of aromatic nitrogens is 2. The van der Waals surface area contributed by atoms with Gasteiger partial charge in [-0.05, 0) is 11.7 Å². The summed E-state index contributed by atoms with van der Waals surface area (Å²) in [6, 6.07) is 0. The van der Waals surface area contributed by atoms with E-state index in [2.05, 4.69) is 24.0 Å². The van der Waals surface area contributed by atoms with E-state index in [-0.39, 0.29) is 12.4 Å². The SMILES string of the molecule is CC(C)CSCc1noc([C@@H](O)CN)n1. The van der Waals surface area contributed by atoms with Gasteiger partial charge in [-0.15, -0.1) is 0 Å². The molecule has 0 saturated carbocycles. The first kappa shape index (κ1) is 12.5. The first-order valence-corrected chi connectivity index (χ1v) is 6.07. The maximum atomic E-state index is 9.33. The normalized spacial score (nSPS) is 13.4. The molecule has 0 bridgehead atoms. The first-order valence-electron chi connectivity index (χ1n) is 4.91. The van der Waals surface area contributed by atoms with Crippen LogP contribution < -0.4 is 5.73 Å². The molecule has 0 aromatic carbocycles. The van der Waals surface area contributed by atoms with Crippen LogP contribution in [0.5, 0.6) is 0 Å². The molecule has 0 aliphatic rings. The highest BCUT2D eigenvalue weighted by atomic mass is 32.2. The lowest BCUT2D eigenvalue weighted by Gasteiger charge is -2.00. The van der Waals surface area contributed by atoms with Gasteiger partial charge in [-0.3, -0.25) is 0 Å². The molecular weight excluding hydrogens is 214 g/mol. The van der Waals surface area contributed by atoms with Crippen molar-refractivity contribution in [1.29, 1.82) is 0 Å². The van der Waals surface area contributed by atoms with Crippen molar-refractivity contribution in [2.24, 2.45) is 11.7 Å². The zero-order valence-electron chi connectivity index (χ0n) is 9.01. The van der Waals surface area contributed by atoms with Crippen LogP contribution in [0.1, 0.15) is 31.7 Å². The van der Waals surface area contributed by atoms with Crippen molar-refractivity contribution in [1.82, 2.24) is 10.1 Å². The minimum atomic E-state index is -0.846. The van der Waals surface area contributed by atoms with E-state index in [4.69, 9.17) is 10.3 Å². The molecule has 15 heavy (non-hydrogen) atoms. The highest BCUT2D eigenvalue weighted by Crippen LogP contribution is 2.15. The van der Waals surface area contributed by atoms with Crippen LogP contribution >= 0.6 is 11.8 Å². The lowest BCUT2D eigenvalue weighted by atomic mass is 10.3. The molecule has 1 rings (SSSR count). The third-order valence-corrected chi connectivity index (χ3v) is 3.04. The summed E-state index contributed by atoms with van der Waals surface area (Å²) < 4.78 is 4.87. The summed E-state index contributed by atoms with van der Waals surface area (Å²) >= 11 is 1.75. The van der Waals surface area contributed by atoms with Gasteiger partial charge in [-0.25, -0.2) is 0 Å². The Bertz CT molecular complexity index is 291. The Balaban J connectivity index is 2.39. The van der Waals surface area contributed by atoms with Gasteiger partial charge in [0.25, 0.3) is 5.89 Å². The smallest absolute Gasteiger partial charge is 0.256 e. The Morgan fingerprint density at radius 1 is 1.53 bits per heavy atom. The van der Waals surface area contributed by atoms with Gasteiger partial charge in [0.05, 0.1) is 5.75 Å². The molecule has 0 amide bonds. The molecule has 1 heterocycles. The molecule has 1 aromatic heterocycles. The number of rotatable bonds is 6. The third-order valence-electron chi connectivity index (χ3n) is 1.67. The summed E-state index contributed by atoms with van der Waals surface area (Å²) in [5.41, 5.74) is 5.27. The molecule has 0 fully saturated rings. The van der Waals surface area contributed by atoms with Gasteiger partial charge in [-0.1, -0.05) is 19.0 Å². The maximum absolute atomic E-state index is 9.33. The van der Waals surface area contributed by atoms with Gasteiger partial charge in [0, 0.05) is 6.54 Å². The largest absolute Gasteiger partial charge is 0.382 e. The average Bonchev–Trinajstić information content (AvgIpc) is 2.65. The second-order valence-corrected chi connectivity index (χ2v) is 4.74. The predicted octanol–water partition coefficient (Wildman–Crippen LogP) is 0.951. The van der Waals surface area contributed by atoms with E-state index in [1.54, 1.807) is 11.8 Å². The van der Waals surface area contributed by atoms with Crippen molar-refractivity contribution in [2.75, 3.05) is 12.3 Å². The number of hydrogen-bond acceptors (Lipinski definition) is 6. The minimum Gasteiger partial charge on any atom is -0.382 e. The molecule has 6 heteroatoms. The topological polar surface area (TPSA) is 85.2 Å². The molecule has 0 aliphatic carbocycles. The number of nitrogens with zero attached hydrogens (tertiary/aromatic N) is 2. The Kier molecular flexibility index (Phi) is 5.07. The van der Waals surface area contributed by atoms with E-state index in [1.807, 2.05) is 0 Å². The van der Waals surface area contributed by atoms with Crippen molar-refractivity contribution >= 4 is 11.8 Å². The summed E-state index contributed by atoms with van der Waals surface area (Å²) in [5, 5.41) is 13.1. The van der Waals surface area contributed by atoms with E-state index in [0.29, 0.717) is 17.5 Å². The summed E-state index contributed by atoms with van der Waals surface area (Å²) in [6.07, 6.45) is -0.846. The molecule has 3 N–H and O–H groups in total. The second-order valence-electron chi connectivity index (χ2n) is 3.71. The molecule has 0 aliphatic heterocycles. The molecule has 86 valence electrons. The van der Waals surface area contributed by atoms with Crippen molar-refractivity contribution in [3.05, 3.63) is 11.7 Å². The van der Waals surface area contributed by atoms with E-state index in [1.165, 1.54) is 0 Å². The first-order chi connectivity index (χ1) is 7.13. The summed E-state index contributed by atoms with van der Waals surface area (Å²) in [5.74, 6) is 3.24. The van der Waals surface area contributed by atoms with Crippen LogP contribution in [-0.2, 0) is 5.75 Å². The van der Waals surface area contributed by atoms with Crippen molar-refractivity contribution in [3.63, 3.8) is 0 Å².